The maximum Gasteiger partial charge on any atom is 0.333 e. The number of allylic oxidation sites excluding steroid dienone is 3. The van der Waals surface area contributed by atoms with Gasteiger partial charge in [0.2, 0.25) is 0 Å². The SMILES string of the molecule is C=C(CC=C(C)C(=O)O)C(=O)OCC.C=C(CC=CC#N)C(=O)OCCO. The largest absolute Gasteiger partial charge is 0.478 e. The lowest BCUT2D eigenvalue weighted by molar-refractivity contribution is -0.140. The van der Waals surface area contributed by atoms with Crippen LogP contribution in [-0.4, -0.2) is 47.9 Å². The number of hydrogen-bond acceptors (Lipinski definition) is 7. The van der Waals surface area contributed by atoms with Gasteiger partial charge >= 0.3 is 17.9 Å². The second-order valence-electron chi connectivity index (χ2n) is 4.92. The van der Waals surface area contributed by atoms with Crippen molar-refractivity contribution in [3.63, 3.8) is 0 Å². The molecule has 0 aromatic rings. The van der Waals surface area contributed by atoms with Crippen molar-refractivity contribution in [1.82, 2.24) is 0 Å². The maximum absolute atomic E-state index is 11.0. The molecule has 0 aliphatic heterocycles. The minimum Gasteiger partial charge on any atom is -0.478 e. The highest BCUT2D eigenvalue weighted by Gasteiger charge is 2.07. The van der Waals surface area contributed by atoms with Gasteiger partial charge in [-0.25, -0.2) is 14.4 Å². The maximum atomic E-state index is 11.0. The Labute approximate surface area is 158 Å². The lowest BCUT2D eigenvalue weighted by Crippen LogP contribution is -2.09. The summed E-state index contributed by atoms with van der Waals surface area (Å²) in [5.74, 6) is -2.03. The van der Waals surface area contributed by atoms with E-state index in [1.54, 1.807) is 13.0 Å². The molecule has 0 rings (SSSR count). The fourth-order valence-electron chi connectivity index (χ4n) is 1.26. The summed E-state index contributed by atoms with van der Waals surface area (Å²) in [7, 11) is 0. The summed E-state index contributed by atoms with van der Waals surface area (Å²) in [5.41, 5.74) is 0.711. The first-order valence-electron chi connectivity index (χ1n) is 7.96. The molecule has 0 saturated heterocycles. The Morgan fingerprint density at radius 3 is 2.15 bits per heavy atom. The number of carboxylic acid groups (broad SMARTS) is 1. The van der Waals surface area contributed by atoms with Crippen molar-refractivity contribution in [3.8, 4) is 6.07 Å². The molecule has 27 heavy (non-hydrogen) atoms. The molecule has 0 amide bonds. The molecule has 0 unspecified atom stereocenters. The minimum absolute atomic E-state index is 0.0280. The quantitative estimate of drug-likeness (QED) is 0.335. The predicted octanol–water partition coefficient (Wildman–Crippen LogP) is 2.07. The molecule has 0 atom stereocenters. The van der Waals surface area contributed by atoms with Gasteiger partial charge in [0.1, 0.15) is 6.61 Å². The highest BCUT2D eigenvalue weighted by atomic mass is 16.5. The van der Waals surface area contributed by atoms with E-state index in [0.717, 1.165) is 0 Å². The molecular weight excluding hydrogens is 354 g/mol. The molecule has 0 spiro atoms. The zero-order valence-electron chi connectivity index (χ0n) is 15.6. The molecule has 0 aromatic heterocycles. The molecule has 0 aliphatic rings. The highest BCUT2D eigenvalue weighted by Crippen LogP contribution is 2.05. The second-order valence-corrected chi connectivity index (χ2v) is 4.92. The molecule has 0 heterocycles. The average Bonchev–Trinajstić information content (AvgIpc) is 2.64. The third-order valence-electron chi connectivity index (χ3n) is 2.73. The molecule has 0 aromatic carbocycles. The van der Waals surface area contributed by atoms with E-state index in [4.69, 9.17) is 15.5 Å². The molecule has 0 bridgehead atoms. The lowest BCUT2D eigenvalue weighted by atomic mass is 10.1. The topological polar surface area (TPSA) is 134 Å². The molecule has 8 heteroatoms. The van der Waals surface area contributed by atoms with Crippen LogP contribution in [0.3, 0.4) is 0 Å². The Bertz CT molecular complexity index is 639. The standard InChI is InChI=1S/C10H14O4.C9H11NO3/c1-4-14-10(13)8(3)6-5-7(2)9(11)12;1-8(4-2-3-5-10)9(12)13-7-6-11/h5H,3-4,6H2,1-2H3,(H,11,12);2-3,11H,1,4,6-7H2. The van der Waals surface area contributed by atoms with Crippen LogP contribution in [-0.2, 0) is 23.9 Å². The van der Waals surface area contributed by atoms with E-state index in [1.807, 2.05) is 0 Å². The van der Waals surface area contributed by atoms with Crippen LogP contribution in [0.5, 0.6) is 0 Å². The van der Waals surface area contributed by atoms with Crippen LogP contribution in [0.2, 0.25) is 0 Å². The van der Waals surface area contributed by atoms with E-state index in [0.29, 0.717) is 6.61 Å². The number of carboxylic acids is 1. The van der Waals surface area contributed by atoms with E-state index in [2.05, 4.69) is 22.6 Å². The summed E-state index contributed by atoms with van der Waals surface area (Å²) in [4.78, 5) is 32.4. The fourth-order valence-corrected chi connectivity index (χ4v) is 1.26. The van der Waals surface area contributed by atoms with Crippen LogP contribution in [0.1, 0.15) is 26.7 Å². The molecule has 148 valence electrons. The van der Waals surface area contributed by atoms with E-state index in [9.17, 15) is 14.4 Å². The average molecular weight is 379 g/mol. The first kappa shape index (κ1) is 26.1. The Balaban J connectivity index is 0. The van der Waals surface area contributed by atoms with Gasteiger partial charge in [-0.1, -0.05) is 25.3 Å². The Morgan fingerprint density at radius 2 is 1.67 bits per heavy atom. The van der Waals surface area contributed by atoms with Crippen LogP contribution in [0, 0.1) is 11.3 Å². The first-order valence-corrected chi connectivity index (χ1v) is 7.96. The summed E-state index contributed by atoms with van der Waals surface area (Å²) in [6.07, 6.45) is 4.71. The van der Waals surface area contributed by atoms with Crippen LogP contribution >= 0.6 is 0 Å². The Hall–Kier alpha value is -3.18. The van der Waals surface area contributed by atoms with E-state index in [-0.39, 0.29) is 42.8 Å². The van der Waals surface area contributed by atoms with Crippen LogP contribution in [0.15, 0.2) is 48.1 Å². The number of aliphatic carboxylic acids is 1. The fraction of sp³-hybridized carbons (Fsp3) is 0.368. The third kappa shape index (κ3) is 14.8. The zero-order valence-corrected chi connectivity index (χ0v) is 15.6. The van der Waals surface area contributed by atoms with Crippen molar-refractivity contribution in [3.05, 3.63) is 48.1 Å². The smallest absolute Gasteiger partial charge is 0.333 e. The molecule has 2 N–H and O–H groups in total. The van der Waals surface area contributed by atoms with Crippen molar-refractivity contribution in [2.45, 2.75) is 26.7 Å². The summed E-state index contributed by atoms with van der Waals surface area (Å²) in [6, 6.07) is 1.79. The summed E-state index contributed by atoms with van der Waals surface area (Å²) >= 11 is 0. The van der Waals surface area contributed by atoms with Gasteiger partial charge in [0.25, 0.3) is 0 Å². The van der Waals surface area contributed by atoms with Crippen molar-refractivity contribution in [1.29, 1.82) is 5.26 Å². The molecule has 8 nitrogen and oxygen atoms in total. The van der Waals surface area contributed by atoms with Gasteiger partial charge in [-0.05, 0) is 26.7 Å². The number of nitriles is 1. The Kier molecular flexibility index (Phi) is 15.7. The number of esters is 2. The molecule has 0 fully saturated rings. The number of aliphatic hydroxyl groups is 1. The molecular formula is C19H25NO7. The summed E-state index contributed by atoms with van der Waals surface area (Å²) in [5, 5.41) is 25.0. The predicted molar refractivity (Wildman–Crippen MR) is 98.3 cm³/mol. The number of nitrogens with zero attached hydrogens (tertiary/aromatic N) is 1. The number of hydrogen-bond donors (Lipinski definition) is 2. The normalized spacial score (nSPS) is 10.2. The lowest BCUT2D eigenvalue weighted by Gasteiger charge is -2.02. The zero-order chi connectivity index (χ0) is 21.2. The van der Waals surface area contributed by atoms with Crippen molar-refractivity contribution in [2.24, 2.45) is 0 Å². The number of ether oxygens (including phenoxy) is 2. The van der Waals surface area contributed by atoms with Crippen LogP contribution in [0.4, 0.5) is 0 Å². The van der Waals surface area contributed by atoms with E-state index in [1.165, 1.54) is 25.2 Å². The Morgan fingerprint density at radius 1 is 1.11 bits per heavy atom. The molecule has 0 saturated carbocycles. The summed E-state index contributed by atoms with van der Waals surface area (Å²) in [6.45, 7) is 10.2. The van der Waals surface area contributed by atoms with Gasteiger partial charge < -0.3 is 19.7 Å². The van der Waals surface area contributed by atoms with Gasteiger partial charge in [0.15, 0.2) is 0 Å². The molecule has 0 radical (unpaired) electrons. The van der Waals surface area contributed by atoms with Crippen molar-refractivity contribution < 1.29 is 34.1 Å². The van der Waals surface area contributed by atoms with Gasteiger partial charge in [0, 0.05) is 22.8 Å². The van der Waals surface area contributed by atoms with Crippen LogP contribution in [0.25, 0.3) is 0 Å². The number of aliphatic hydroxyl groups excluding tert-OH is 1. The second kappa shape index (κ2) is 16.3. The van der Waals surface area contributed by atoms with E-state index < -0.39 is 17.9 Å². The molecule has 0 aliphatic carbocycles. The van der Waals surface area contributed by atoms with Gasteiger partial charge in [-0.3, -0.25) is 0 Å². The van der Waals surface area contributed by atoms with Crippen molar-refractivity contribution in [2.75, 3.05) is 19.8 Å². The minimum atomic E-state index is -0.998. The monoisotopic (exact) mass is 379 g/mol. The van der Waals surface area contributed by atoms with Gasteiger partial charge in [-0.15, -0.1) is 0 Å². The van der Waals surface area contributed by atoms with Gasteiger partial charge in [-0.2, -0.15) is 5.26 Å². The summed E-state index contributed by atoms with van der Waals surface area (Å²) < 4.78 is 9.26. The number of rotatable bonds is 10. The number of carbonyl (C=O) groups is 3. The highest BCUT2D eigenvalue weighted by molar-refractivity contribution is 5.89. The first-order chi connectivity index (χ1) is 12.7. The van der Waals surface area contributed by atoms with Gasteiger partial charge in [0.05, 0.1) is 19.3 Å². The van der Waals surface area contributed by atoms with E-state index >= 15 is 0 Å². The van der Waals surface area contributed by atoms with Crippen LogP contribution < -0.4 is 0 Å². The number of carbonyl (C=O) groups excluding carboxylic acids is 2. The van der Waals surface area contributed by atoms with Crippen molar-refractivity contribution >= 4 is 17.9 Å². The third-order valence-corrected chi connectivity index (χ3v) is 2.73.